The van der Waals surface area contributed by atoms with Crippen molar-refractivity contribution in [2.75, 3.05) is 0 Å². The van der Waals surface area contributed by atoms with Gasteiger partial charge in [0.15, 0.2) is 0 Å². The van der Waals surface area contributed by atoms with Crippen molar-refractivity contribution in [2.45, 2.75) is 44.8 Å². The van der Waals surface area contributed by atoms with E-state index < -0.39 is 0 Å². The van der Waals surface area contributed by atoms with Crippen LogP contribution in [-0.4, -0.2) is 22.8 Å². The number of hydrogen-bond donors (Lipinski definition) is 0. The quantitative estimate of drug-likeness (QED) is 0.777. The number of benzene rings is 1. The van der Waals surface area contributed by atoms with Gasteiger partial charge in [0.1, 0.15) is 5.78 Å². The van der Waals surface area contributed by atoms with Gasteiger partial charge in [0.2, 0.25) is 0 Å². The van der Waals surface area contributed by atoms with Crippen LogP contribution in [0.3, 0.4) is 0 Å². The Morgan fingerprint density at radius 1 is 1.29 bits per heavy atom. The van der Waals surface area contributed by atoms with Crippen molar-refractivity contribution in [2.24, 2.45) is 5.92 Å². The molecule has 2 saturated heterocycles. The Morgan fingerprint density at radius 2 is 2.06 bits per heavy atom. The highest BCUT2D eigenvalue weighted by molar-refractivity contribution is 5.85. The first-order valence-corrected chi connectivity index (χ1v) is 6.58. The molecule has 3 rings (SSSR count). The third kappa shape index (κ3) is 1.91. The Hall–Kier alpha value is -1.15. The molecule has 17 heavy (non-hydrogen) atoms. The van der Waals surface area contributed by atoms with Crippen LogP contribution in [0.5, 0.6) is 0 Å². The van der Waals surface area contributed by atoms with E-state index in [1.165, 1.54) is 5.56 Å². The fourth-order valence-electron chi connectivity index (χ4n) is 3.45. The fourth-order valence-corrected chi connectivity index (χ4v) is 3.45. The molecule has 0 aromatic heterocycles. The summed E-state index contributed by atoms with van der Waals surface area (Å²) in [5.41, 5.74) is 1.33. The van der Waals surface area contributed by atoms with Gasteiger partial charge >= 0.3 is 0 Å². The molecule has 2 heteroatoms. The third-order valence-corrected chi connectivity index (χ3v) is 4.34. The second-order valence-corrected chi connectivity index (χ2v) is 5.46. The number of carbonyl (C=O) groups excluding carboxylic acids is 1. The monoisotopic (exact) mass is 229 g/mol. The Morgan fingerprint density at radius 3 is 2.82 bits per heavy atom. The van der Waals surface area contributed by atoms with Crippen LogP contribution in [0.4, 0.5) is 0 Å². The minimum Gasteiger partial charge on any atom is -0.298 e. The smallest absolute Gasteiger partial charge is 0.150 e. The lowest BCUT2D eigenvalue weighted by atomic mass is 9.98. The van der Waals surface area contributed by atoms with Gasteiger partial charge in [0.05, 0.1) is 6.04 Å². The maximum atomic E-state index is 12.0. The molecule has 1 aromatic rings. The highest BCUT2D eigenvalue weighted by Gasteiger charge is 2.45. The second-order valence-electron chi connectivity index (χ2n) is 5.46. The van der Waals surface area contributed by atoms with Gasteiger partial charge in [-0.15, -0.1) is 0 Å². The molecule has 0 spiro atoms. The molecular weight excluding hydrogens is 210 g/mol. The molecule has 0 unspecified atom stereocenters. The molecule has 2 aliphatic heterocycles. The maximum absolute atomic E-state index is 12.0. The fraction of sp³-hybridized carbons (Fsp3) is 0.533. The summed E-state index contributed by atoms with van der Waals surface area (Å²) in [5.74, 6) is 1.14. The van der Waals surface area contributed by atoms with Crippen molar-refractivity contribution >= 4 is 5.78 Å². The molecule has 0 amide bonds. The summed E-state index contributed by atoms with van der Waals surface area (Å²) in [5, 5.41) is 0. The summed E-state index contributed by atoms with van der Waals surface area (Å²) >= 11 is 0. The van der Waals surface area contributed by atoms with Crippen LogP contribution in [0, 0.1) is 5.92 Å². The van der Waals surface area contributed by atoms with Gasteiger partial charge in [-0.25, -0.2) is 0 Å². The largest absolute Gasteiger partial charge is 0.298 e. The lowest BCUT2D eigenvalue weighted by molar-refractivity contribution is -0.126. The number of rotatable bonds is 2. The summed E-state index contributed by atoms with van der Waals surface area (Å²) in [7, 11) is 0. The SMILES string of the molecule is C[C@H]1C[C@@H]2C(=O)CC[C@H]1N2Cc1ccccc1. The first-order chi connectivity index (χ1) is 8.25. The average molecular weight is 229 g/mol. The van der Waals surface area contributed by atoms with Gasteiger partial charge < -0.3 is 0 Å². The van der Waals surface area contributed by atoms with Crippen LogP contribution in [0.2, 0.25) is 0 Å². The van der Waals surface area contributed by atoms with Gasteiger partial charge in [0, 0.05) is 19.0 Å². The van der Waals surface area contributed by atoms with E-state index in [1.807, 2.05) is 6.07 Å². The Bertz CT molecular complexity index is 414. The van der Waals surface area contributed by atoms with Gasteiger partial charge in [-0.3, -0.25) is 9.69 Å². The lowest BCUT2D eigenvalue weighted by Gasteiger charge is -2.34. The van der Waals surface area contributed by atoms with E-state index in [1.54, 1.807) is 0 Å². The molecule has 3 atom stereocenters. The van der Waals surface area contributed by atoms with E-state index in [2.05, 4.69) is 36.1 Å². The standard InChI is InChI=1S/C15H19NO/c1-11-9-14-15(17)8-7-13(11)16(14)10-12-5-3-2-4-6-12/h2-6,11,13-14H,7-10H2,1H3/t11-,13+,14+/m0/s1. The topological polar surface area (TPSA) is 20.3 Å². The zero-order valence-corrected chi connectivity index (χ0v) is 10.3. The number of piperidine rings is 1. The Labute approximate surface area is 103 Å². The van der Waals surface area contributed by atoms with Crippen molar-refractivity contribution in [3.63, 3.8) is 0 Å². The Balaban J connectivity index is 1.81. The lowest BCUT2D eigenvalue weighted by Crippen LogP contribution is -2.45. The molecule has 0 aliphatic carbocycles. The van der Waals surface area contributed by atoms with E-state index in [0.29, 0.717) is 17.7 Å². The second kappa shape index (κ2) is 4.26. The molecule has 1 aromatic carbocycles. The zero-order chi connectivity index (χ0) is 11.8. The van der Waals surface area contributed by atoms with Crippen molar-refractivity contribution < 1.29 is 4.79 Å². The average Bonchev–Trinajstić information content (AvgIpc) is 2.56. The van der Waals surface area contributed by atoms with Crippen LogP contribution in [0.15, 0.2) is 30.3 Å². The van der Waals surface area contributed by atoms with E-state index in [4.69, 9.17) is 0 Å². The maximum Gasteiger partial charge on any atom is 0.150 e. The number of fused-ring (bicyclic) bond motifs is 2. The minimum atomic E-state index is 0.198. The molecule has 2 fully saturated rings. The molecule has 90 valence electrons. The number of nitrogens with zero attached hydrogens (tertiary/aromatic N) is 1. The Kier molecular flexibility index (Phi) is 2.75. The summed E-state index contributed by atoms with van der Waals surface area (Å²) in [6.45, 7) is 3.23. The number of hydrogen-bond acceptors (Lipinski definition) is 2. The molecule has 2 heterocycles. The van der Waals surface area contributed by atoms with Crippen molar-refractivity contribution in [3.8, 4) is 0 Å². The van der Waals surface area contributed by atoms with E-state index in [-0.39, 0.29) is 6.04 Å². The van der Waals surface area contributed by atoms with Crippen molar-refractivity contribution in [1.82, 2.24) is 4.90 Å². The van der Waals surface area contributed by atoms with E-state index in [9.17, 15) is 4.79 Å². The van der Waals surface area contributed by atoms with Crippen LogP contribution >= 0.6 is 0 Å². The summed E-state index contributed by atoms with van der Waals surface area (Å²) in [4.78, 5) is 14.4. The predicted molar refractivity (Wildman–Crippen MR) is 67.6 cm³/mol. The van der Waals surface area contributed by atoms with Crippen LogP contribution in [0.25, 0.3) is 0 Å². The van der Waals surface area contributed by atoms with Gasteiger partial charge in [-0.05, 0) is 24.3 Å². The van der Waals surface area contributed by atoms with E-state index >= 15 is 0 Å². The van der Waals surface area contributed by atoms with Crippen molar-refractivity contribution in [1.29, 1.82) is 0 Å². The number of Topliss-reactive ketones (excluding diaryl/α,β-unsaturated/α-hetero) is 1. The third-order valence-electron chi connectivity index (χ3n) is 4.34. The first-order valence-electron chi connectivity index (χ1n) is 6.58. The first kappa shape index (κ1) is 11.0. The van der Waals surface area contributed by atoms with Crippen LogP contribution < -0.4 is 0 Å². The highest BCUT2D eigenvalue weighted by Crippen LogP contribution is 2.38. The highest BCUT2D eigenvalue weighted by atomic mass is 16.1. The summed E-state index contributed by atoms with van der Waals surface area (Å²) in [6, 6.07) is 11.3. The number of ketones is 1. The van der Waals surface area contributed by atoms with Gasteiger partial charge in [-0.2, -0.15) is 0 Å². The van der Waals surface area contributed by atoms with Gasteiger partial charge in [0.25, 0.3) is 0 Å². The summed E-state index contributed by atoms with van der Waals surface area (Å²) < 4.78 is 0. The zero-order valence-electron chi connectivity index (χ0n) is 10.3. The minimum absolute atomic E-state index is 0.198. The molecule has 0 N–H and O–H groups in total. The van der Waals surface area contributed by atoms with E-state index in [0.717, 1.165) is 25.8 Å². The number of carbonyl (C=O) groups is 1. The molecule has 0 saturated carbocycles. The molecule has 2 nitrogen and oxygen atoms in total. The van der Waals surface area contributed by atoms with Gasteiger partial charge in [-0.1, -0.05) is 37.3 Å². The molecular formula is C15H19NO. The van der Waals surface area contributed by atoms with Crippen LogP contribution in [0.1, 0.15) is 31.7 Å². The molecule has 0 radical (unpaired) electrons. The van der Waals surface area contributed by atoms with Crippen LogP contribution in [-0.2, 0) is 11.3 Å². The summed E-state index contributed by atoms with van der Waals surface area (Å²) in [6.07, 6.45) is 2.92. The molecule has 2 aliphatic rings. The molecule has 2 bridgehead atoms. The predicted octanol–water partition coefficient (Wildman–Crippen LogP) is 2.63. The normalized spacial score (nSPS) is 33.0. The van der Waals surface area contributed by atoms with Crippen molar-refractivity contribution in [3.05, 3.63) is 35.9 Å².